The van der Waals surface area contributed by atoms with Gasteiger partial charge in [-0.15, -0.1) is 0 Å². The number of methoxy groups -OCH3 is 1. The van der Waals surface area contributed by atoms with E-state index in [1.165, 1.54) is 7.11 Å². The third kappa shape index (κ3) is 4.29. The molecule has 1 aromatic carbocycles. The number of thiocarbonyl (C=S) groups is 1. The molecule has 1 N–H and O–H groups in total. The number of carbonyl (C=O) groups is 2. The summed E-state index contributed by atoms with van der Waals surface area (Å²) in [5, 5.41) is 3.36. The first kappa shape index (κ1) is 17.0. The van der Waals surface area contributed by atoms with Crippen molar-refractivity contribution in [3.8, 4) is 5.75 Å². The van der Waals surface area contributed by atoms with Crippen LogP contribution in [0.3, 0.4) is 0 Å². The largest absolute Gasteiger partial charge is 0.482 e. The molecule has 0 aliphatic carbocycles. The van der Waals surface area contributed by atoms with E-state index in [4.69, 9.17) is 17.0 Å². The lowest BCUT2D eigenvalue weighted by Crippen LogP contribution is -2.31. The van der Waals surface area contributed by atoms with Crippen molar-refractivity contribution in [2.45, 2.75) is 13.3 Å². The molecule has 0 spiro atoms. The Kier molecular flexibility index (Phi) is 5.70. The Morgan fingerprint density at radius 3 is 2.65 bits per heavy atom. The van der Waals surface area contributed by atoms with E-state index >= 15 is 0 Å². The minimum atomic E-state index is -0.443. The number of ether oxygens (including phenoxy) is 2. The van der Waals surface area contributed by atoms with Crippen LogP contribution in [0.4, 0.5) is 0 Å². The monoisotopic (exact) mass is 334 g/mol. The highest BCUT2D eigenvalue weighted by Gasteiger charge is 2.29. The van der Waals surface area contributed by atoms with E-state index in [-0.39, 0.29) is 12.5 Å². The maximum Gasteiger partial charge on any atom is 0.343 e. The molecule has 0 saturated carbocycles. The highest BCUT2D eigenvalue weighted by molar-refractivity contribution is 7.80. The van der Waals surface area contributed by atoms with Crippen LogP contribution in [0.5, 0.6) is 5.75 Å². The molecule has 122 valence electrons. The zero-order valence-corrected chi connectivity index (χ0v) is 13.8. The molecule has 2 rings (SSSR count). The Morgan fingerprint density at radius 2 is 2.04 bits per heavy atom. The highest BCUT2D eigenvalue weighted by atomic mass is 32.1. The molecule has 23 heavy (non-hydrogen) atoms. The second-order valence-corrected chi connectivity index (χ2v) is 5.27. The minimum Gasteiger partial charge on any atom is -0.482 e. The van der Waals surface area contributed by atoms with Crippen molar-refractivity contribution in [1.82, 2.24) is 10.2 Å². The van der Waals surface area contributed by atoms with Crippen molar-refractivity contribution >= 4 is 35.3 Å². The van der Waals surface area contributed by atoms with E-state index in [2.05, 4.69) is 10.1 Å². The van der Waals surface area contributed by atoms with E-state index < -0.39 is 5.97 Å². The number of benzene rings is 1. The molecule has 0 aromatic heterocycles. The first-order valence-electron chi connectivity index (χ1n) is 7.19. The van der Waals surface area contributed by atoms with Gasteiger partial charge in [0, 0.05) is 6.54 Å². The van der Waals surface area contributed by atoms with E-state index in [0.29, 0.717) is 23.1 Å². The van der Waals surface area contributed by atoms with Crippen LogP contribution in [-0.4, -0.2) is 42.2 Å². The molecule has 1 fully saturated rings. The molecule has 0 bridgehead atoms. The molecule has 1 aromatic rings. The number of hydrogen-bond acceptors (Lipinski definition) is 5. The lowest BCUT2D eigenvalue weighted by molar-refractivity contribution is -0.142. The molecule has 1 saturated heterocycles. The fraction of sp³-hybridized carbons (Fsp3) is 0.312. The second-order valence-electron chi connectivity index (χ2n) is 4.88. The SMILES string of the molecule is CCCN1C(=O)/C(=C/c2ccc(OCC(=O)OC)cc2)NC1=S. The van der Waals surface area contributed by atoms with Gasteiger partial charge in [0.25, 0.3) is 5.91 Å². The van der Waals surface area contributed by atoms with Gasteiger partial charge in [0.1, 0.15) is 11.4 Å². The normalized spacial score (nSPS) is 15.7. The number of amides is 1. The summed E-state index contributed by atoms with van der Waals surface area (Å²) in [6, 6.07) is 7.02. The minimum absolute atomic E-state index is 0.122. The first-order chi connectivity index (χ1) is 11.0. The van der Waals surface area contributed by atoms with Crippen molar-refractivity contribution in [1.29, 1.82) is 0 Å². The summed E-state index contributed by atoms with van der Waals surface area (Å²) in [4.78, 5) is 24.8. The molecular weight excluding hydrogens is 316 g/mol. The van der Waals surface area contributed by atoms with Crippen molar-refractivity contribution in [2.75, 3.05) is 20.3 Å². The zero-order chi connectivity index (χ0) is 16.8. The Morgan fingerprint density at radius 1 is 1.35 bits per heavy atom. The molecule has 0 atom stereocenters. The Balaban J connectivity index is 2.04. The van der Waals surface area contributed by atoms with Gasteiger partial charge >= 0.3 is 5.97 Å². The number of nitrogens with one attached hydrogen (secondary N) is 1. The molecule has 0 radical (unpaired) electrons. The summed E-state index contributed by atoms with van der Waals surface area (Å²) in [6.45, 7) is 2.45. The summed E-state index contributed by atoms with van der Waals surface area (Å²) in [7, 11) is 1.30. The standard InChI is InChI=1S/C16H18N2O4S/c1-3-8-18-15(20)13(17-16(18)23)9-11-4-6-12(7-5-11)22-10-14(19)21-2/h4-7,9H,3,8,10H2,1-2H3,(H,17,23)/b13-9-. The van der Waals surface area contributed by atoms with Gasteiger partial charge in [-0.1, -0.05) is 19.1 Å². The van der Waals surface area contributed by atoms with Gasteiger partial charge in [-0.25, -0.2) is 4.79 Å². The molecule has 1 aliphatic heterocycles. The van der Waals surface area contributed by atoms with Crippen LogP contribution in [0.1, 0.15) is 18.9 Å². The zero-order valence-electron chi connectivity index (χ0n) is 13.0. The molecule has 1 aliphatic rings. The van der Waals surface area contributed by atoms with E-state index in [9.17, 15) is 9.59 Å². The third-order valence-corrected chi connectivity index (χ3v) is 3.51. The predicted molar refractivity (Wildman–Crippen MR) is 89.7 cm³/mol. The average Bonchev–Trinajstić information content (AvgIpc) is 2.82. The van der Waals surface area contributed by atoms with Gasteiger partial charge in [0.15, 0.2) is 11.7 Å². The summed E-state index contributed by atoms with van der Waals surface area (Å²) in [5.74, 6) is -0.0178. The van der Waals surface area contributed by atoms with Gasteiger partial charge in [-0.2, -0.15) is 0 Å². The van der Waals surface area contributed by atoms with Gasteiger partial charge in [0.2, 0.25) is 0 Å². The summed E-state index contributed by atoms with van der Waals surface area (Å²) < 4.78 is 9.76. The van der Waals surface area contributed by atoms with Crippen LogP contribution in [0, 0.1) is 0 Å². The molecule has 1 amide bonds. The Labute approximate surface area is 140 Å². The highest BCUT2D eigenvalue weighted by Crippen LogP contribution is 2.17. The smallest absolute Gasteiger partial charge is 0.343 e. The number of hydrogen-bond donors (Lipinski definition) is 1. The van der Waals surface area contributed by atoms with Crippen LogP contribution in [-0.2, 0) is 14.3 Å². The summed E-state index contributed by atoms with van der Waals surface area (Å²) >= 11 is 5.16. The van der Waals surface area contributed by atoms with Gasteiger partial charge in [-0.3, -0.25) is 9.69 Å². The molecule has 1 heterocycles. The van der Waals surface area contributed by atoms with E-state index in [1.54, 1.807) is 35.2 Å². The summed E-state index contributed by atoms with van der Waals surface area (Å²) in [6.07, 6.45) is 2.57. The van der Waals surface area contributed by atoms with Crippen LogP contribution in [0.25, 0.3) is 6.08 Å². The topological polar surface area (TPSA) is 67.9 Å². The second kappa shape index (κ2) is 7.73. The third-order valence-electron chi connectivity index (χ3n) is 3.18. The van der Waals surface area contributed by atoms with Gasteiger partial charge in [0.05, 0.1) is 7.11 Å². The van der Waals surface area contributed by atoms with E-state index in [0.717, 1.165) is 12.0 Å². The molecule has 6 nitrogen and oxygen atoms in total. The molecule has 0 unspecified atom stereocenters. The number of esters is 1. The van der Waals surface area contributed by atoms with Crippen LogP contribution < -0.4 is 10.1 Å². The Bertz CT molecular complexity index is 640. The first-order valence-corrected chi connectivity index (χ1v) is 7.60. The van der Waals surface area contributed by atoms with Crippen molar-refractivity contribution in [2.24, 2.45) is 0 Å². The van der Waals surface area contributed by atoms with Crippen LogP contribution in [0.2, 0.25) is 0 Å². The lowest BCUT2D eigenvalue weighted by atomic mass is 10.2. The fourth-order valence-corrected chi connectivity index (χ4v) is 2.31. The maximum absolute atomic E-state index is 12.2. The lowest BCUT2D eigenvalue weighted by Gasteiger charge is -2.11. The Hall–Kier alpha value is -2.41. The average molecular weight is 334 g/mol. The number of rotatable bonds is 6. The van der Waals surface area contributed by atoms with Crippen LogP contribution >= 0.6 is 12.2 Å². The van der Waals surface area contributed by atoms with Gasteiger partial charge in [-0.05, 0) is 42.4 Å². The number of nitrogens with zero attached hydrogens (tertiary/aromatic N) is 1. The van der Waals surface area contributed by atoms with Crippen molar-refractivity contribution in [3.63, 3.8) is 0 Å². The maximum atomic E-state index is 12.2. The predicted octanol–water partition coefficient (Wildman–Crippen LogP) is 1.71. The van der Waals surface area contributed by atoms with E-state index in [1.807, 2.05) is 6.92 Å². The summed E-state index contributed by atoms with van der Waals surface area (Å²) in [5.41, 5.74) is 1.28. The number of carbonyl (C=O) groups excluding carboxylic acids is 2. The van der Waals surface area contributed by atoms with Crippen molar-refractivity contribution in [3.05, 3.63) is 35.5 Å². The molecule has 7 heteroatoms. The van der Waals surface area contributed by atoms with Crippen LogP contribution in [0.15, 0.2) is 30.0 Å². The quantitative estimate of drug-likeness (QED) is 0.485. The molecular formula is C16H18N2O4S. The fourth-order valence-electron chi connectivity index (χ4n) is 2.03. The van der Waals surface area contributed by atoms with Gasteiger partial charge < -0.3 is 14.8 Å². The van der Waals surface area contributed by atoms with Crippen molar-refractivity contribution < 1.29 is 19.1 Å².